The van der Waals surface area contributed by atoms with Crippen molar-refractivity contribution in [2.45, 2.75) is 58.3 Å². The van der Waals surface area contributed by atoms with Crippen molar-refractivity contribution in [3.63, 3.8) is 0 Å². The summed E-state index contributed by atoms with van der Waals surface area (Å²) in [5.41, 5.74) is 0.255. The molecule has 116 valence electrons. The van der Waals surface area contributed by atoms with E-state index in [-0.39, 0.29) is 5.67 Å². The molecule has 4 nitrogen and oxygen atoms in total. The van der Waals surface area contributed by atoms with E-state index >= 15 is 0 Å². The Bertz CT molecular complexity index is 250. The normalized spacial score (nSPS) is 15.9. The second-order valence-electron chi connectivity index (χ2n) is 6.85. The SMILES string of the molecule is CCC(N([Si](C)(C)C)[Si](C)(C)C)[Si](OC)(OC)OC. The summed E-state index contributed by atoms with van der Waals surface area (Å²) in [6, 6.07) is 0. The highest BCUT2D eigenvalue weighted by Gasteiger charge is 2.54. The van der Waals surface area contributed by atoms with Gasteiger partial charge in [0, 0.05) is 21.3 Å². The topological polar surface area (TPSA) is 30.9 Å². The third-order valence-electron chi connectivity index (χ3n) is 3.41. The van der Waals surface area contributed by atoms with Crippen LogP contribution >= 0.6 is 0 Å². The maximum atomic E-state index is 5.76. The van der Waals surface area contributed by atoms with Crippen molar-refractivity contribution >= 4 is 25.3 Å². The summed E-state index contributed by atoms with van der Waals surface area (Å²) >= 11 is 0. The zero-order valence-corrected chi connectivity index (χ0v) is 17.5. The average molecular weight is 324 g/mol. The molecule has 0 aromatic carbocycles. The highest BCUT2D eigenvalue weighted by atomic mass is 28.4. The quantitative estimate of drug-likeness (QED) is 0.642. The minimum atomic E-state index is -2.63. The van der Waals surface area contributed by atoms with Crippen LogP contribution in [-0.4, -0.2) is 56.5 Å². The van der Waals surface area contributed by atoms with Crippen molar-refractivity contribution in [1.82, 2.24) is 4.23 Å². The molecule has 0 radical (unpaired) electrons. The first-order valence-corrected chi connectivity index (χ1v) is 15.6. The van der Waals surface area contributed by atoms with Gasteiger partial charge in [0.2, 0.25) is 0 Å². The number of nitrogens with zero attached hydrogens (tertiary/aromatic N) is 1. The summed E-state index contributed by atoms with van der Waals surface area (Å²) < 4.78 is 20.0. The second kappa shape index (κ2) is 6.97. The molecule has 0 saturated heterocycles. The summed E-state index contributed by atoms with van der Waals surface area (Å²) in [5.74, 6) is 0. The molecule has 0 rings (SSSR count). The minimum absolute atomic E-state index is 0.255. The van der Waals surface area contributed by atoms with E-state index in [0.717, 1.165) is 6.42 Å². The van der Waals surface area contributed by atoms with Crippen molar-refractivity contribution < 1.29 is 13.3 Å². The Morgan fingerprint density at radius 3 is 1.26 bits per heavy atom. The average Bonchev–Trinajstić information content (AvgIpc) is 2.26. The van der Waals surface area contributed by atoms with Crippen LogP contribution in [0.4, 0.5) is 0 Å². The van der Waals surface area contributed by atoms with Gasteiger partial charge in [-0.2, -0.15) is 0 Å². The van der Waals surface area contributed by atoms with Crippen molar-refractivity contribution in [3.05, 3.63) is 0 Å². The molecule has 0 heterocycles. The Labute approximate surface area is 123 Å². The first kappa shape index (κ1) is 19.5. The Hall–Kier alpha value is 0.491. The molecule has 1 unspecified atom stereocenters. The van der Waals surface area contributed by atoms with Crippen LogP contribution in [-0.2, 0) is 13.3 Å². The molecular formula is C12H33NO3Si3. The van der Waals surface area contributed by atoms with Crippen LogP contribution in [0, 0.1) is 0 Å². The predicted molar refractivity (Wildman–Crippen MR) is 89.4 cm³/mol. The Morgan fingerprint density at radius 2 is 1.11 bits per heavy atom. The summed E-state index contributed by atoms with van der Waals surface area (Å²) in [6.45, 7) is 16.6. The molecule has 0 amide bonds. The molecule has 19 heavy (non-hydrogen) atoms. The van der Waals surface area contributed by atoms with E-state index in [2.05, 4.69) is 50.4 Å². The van der Waals surface area contributed by atoms with Crippen LogP contribution in [0.5, 0.6) is 0 Å². The van der Waals surface area contributed by atoms with Crippen molar-refractivity contribution in [3.8, 4) is 0 Å². The van der Waals surface area contributed by atoms with Crippen LogP contribution in [0.1, 0.15) is 13.3 Å². The van der Waals surface area contributed by atoms with Gasteiger partial charge < -0.3 is 17.5 Å². The van der Waals surface area contributed by atoms with Crippen molar-refractivity contribution in [1.29, 1.82) is 0 Å². The summed E-state index contributed by atoms with van der Waals surface area (Å²) in [7, 11) is -0.434. The first-order chi connectivity index (χ1) is 8.50. The van der Waals surface area contributed by atoms with Gasteiger partial charge in [-0.3, -0.25) is 0 Å². The van der Waals surface area contributed by atoms with Crippen molar-refractivity contribution in [2.75, 3.05) is 21.3 Å². The van der Waals surface area contributed by atoms with E-state index < -0.39 is 25.3 Å². The van der Waals surface area contributed by atoms with E-state index in [4.69, 9.17) is 13.3 Å². The van der Waals surface area contributed by atoms with Gasteiger partial charge in [-0.05, 0) is 6.42 Å². The predicted octanol–water partition coefficient (Wildman–Crippen LogP) is 3.15. The van der Waals surface area contributed by atoms with Crippen LogP contribution in [0.2, 0.25) is 39.3 Å². The third kappa shape index (κ3) is 4.48. The number of rotatable bonds is 8. The summed E-state index contributed by atoms with van der Waals surface area (Å²) in [5, 5.41) is 0. The molecule has 0 aliphatic carbocycles. The molecule has 0 aliphatic heterocycles. The summed E-state index contributed by atoms with van der Waals surface area (Å²) in [4.78, 5) is 0. The second-order valence-corrected chi connectivity index (χ2v) is 20.0. The maximum Gasteiger partial charge on any atom is 0.516 e. The zero-order valence-electron chi connectivity index (χ0n) is 14.5. The molecule has 0 bridgehead atoms. The van der Waals surface area contributed by atoms with Gasteiger partial charge in [-0.25, -0.2) is 0 Å². The highest BCUT2D eigenvalue weighted by Crippen LogP contribution is 2.30. The fourth-order valence-electron chi connectivity index (χ4n) is 3.19. The fraction of sp³-hybridized carbons (Fsp3) is 1.00. The lowest BCUT2D eigenvalue weighted by Crippen LogP contribution is -2.72. The standard InChI is InChI=1S/C12H33NO3Si3/c1-11-12(19(14-2,15-3)16-4)13(17(5,6)7)18(8,9)10/h12H,11H2,1-10H3. The van der Waals surface area contributed by atoms with E-state index in [1.807, 2.05) is 0 Å². The third-order valence-corrected chi connectivity index (χ3v) is 14.7. The molecule has 0 aromatic heterocycles. The number of hydrogen-bond donors (Lipinski definition) is 0. The smallest absolute Gasteiger partial charge is 0.376 e. The molecule has 0 fully saturated rings. The van der Waals surface area contributed by atoms with E-state index in [1.165, 1.54) is 0 Å². The molecule has 0 spiro atoms. The molecule has 0 aliphatic rings. The summed E-state index contributed by atoms with van der Waals surface area (Å²) in [6.07, 6.45) is 0.996. The van der Waals surface area contributed by atoms with E-state index in [0.29, 0.717) is 0 Å². The van der Waals surface area contributed by atoms with E-state index in [9.17, 15) is 0 Å². The van der Waals surface area contributed by atoms with Crippen LogP contribution in [0.15, 0.2) is 0 Å². The highest BCUT2D eigenvalue weighted by molar-refractivity contribution is 6.90. The molecule has 7 heteroatoms. The minimum Gasteiger partial charge on any atom is -0.376 e. The largest absolute Gasteiger partial charge is 0.516 e. The van der Waals surface area contributed by atoms with E-state index in [1.54, 1.807) is 21.3 Å². The van der Waals surface area contributed by atoms with Gasteiger partial charge in [0.05, 0.1) is 5.67 Å². The first-order valence-electron chi connectivity index (χ1n) is 6.95. The monoisotopic (exact) mass is 323 g/mol. The lowest BCUT2D eigenvalue weighted by Gasteiger charge is -2.51. The molecule has 0 N–H and O–H groups in total. The van der Waals surface area contributed by atoms with Gasteiger partial charge in [0.25, 0.3) is 0 Å². The maximum absolute atomic E-state index is 5.76. The Kier molecular flexibility index (Phi) is 7.15. The van der Waals surface area contributed by atoms with Crippen molar-refractivity contribution in [2.24, 2.45) is 0 Å². The van der Waals surface area contributed by atoms with Gasteiger partial charge >= 0.3 is 8.80 Å². The Balaban J connectivity index is 5.74. The molecule has 0 saturated carbocycles. The lowest BCUT2D eigenvalue weighted by molar-refractivity contribution is 0.0995. The van der Waals surface area contributed by atoms with Gasteiger partial charge in [0.1, 0.15) is 16.5 Å². The van der Waals surface area contributed by atoms with Crippen LogP contribution < -0.4 is 0 Å². The number of hydrogen-bond acceptors (Lipinski definition) is 4. The fourth-order valence-corrected chi connectivity index (χ4v) is 18.9. The Morgan fingerprint density at radius 1 is 0.789 bits per heavy atom. The molecular weight excluding hydrogens is 290 g/mol. The van der Waals surface area contributed by atoms with Gasteiger partial charge in [-0.1, -0.05) is 46.2 Å². The molecule has 0 aromatic rings. The van der Waals surface area contributed by atoms with Crippen LogP contribution in [0.25, 0.3) is 0 Å². The lowest BCUT2D eigenvalue weighted by atomic mass is 10.5. The van der Waals surface area contributed by atoms with Gasteiger partial charge in [-0.15, -0.1) is 0 Å². The van der Waals surface area contributed by atoms with Crippen LogP contribution in [0.3, 0.4) is 0 Å². The van der Waals surface area contributed by atoms with Gasteiger partial charge in [0.15, 0.2) is 0 Å². The molecule has 1 atom stereocenters. The zero-order chi connectivity index (χ0) is 15.5.